The zero-order valence-corrected chi connectivity index (χ0v) is 14.3. The van der Waals surface area contributed by atoms with E-state index < -0.39 is 0 Å². The molecule has 1 heterocycles. The first-order valence-electron chi connectivity index (χ1n) is 7.53. The average molecular weight is 341 g/mol. The molecular weight excluding hydrogens is 316 g/mol. The highest BCUT2D eigenvalue weighted by atomic mass is 79.9. The van der Waals surface area contributed by atoms with Crippen molar-refractivity contribution >= 4 is 27.7 Å². The molecule has 0 aromatic carbocycles. The van der Waals surface area contributed by atoms with Gasteiger partial charge in [0.1, 0.15) is 5.82 Å². The van der Waals surface area contributed by atoms with Crippen LogP contribution in [0.5, 0.6) is 0 Å². The maximum absolute atomic E-state index is 4.57. The van der Waals surface area contributed by atoms with E-state index in [4.69, 9.17) is 0 Å². The lowest BCUT2D eigenvalue weighted by molar-refractivity contribution is 0.229. The predicted octanol–water partition coefficient (Wildman–Crippen LogP) is 4.44. The number of halogens is 1. The van der Waals surface area contributed by atoms with Crippen LogP contribution in [0.1, 0.15) is 52.9 Å². The molecule has 112 valence electrons. The Morgan fingerprint density at radius 1 is 1.45 bits per heavy atom. The van der Waals surface area contributed by atoms with Gasteiger partial charge in [0.2, 0.25) is 5.95 Å². The van der Waals surface area contributed by atoms with E-state index in [0.717, 1.165) is 23.3 Å². The summed E-state index contributed by atoms with van der Waals surface area (Å²) in [6, 6.07) is 0.504. The monoisotopic (exact) mass is 340 g/mol. The summed E-state index contributed by atoms with van der Waals surface area (Å²) in [4.78, 5) is 8.86. The summed E-state index contributed by atoms with van der Waals surface area (Å²) in [6.45, 7) is 7.74. The second kappa shape index (κ2) is 6.74. The van der Waals surface area contributed by atoms with Crippen molar-refractivity contribution < 1.29 is 0 Å². The summed E-state index contributed by atoms with van der Waals surface area (Å²) >= 11 is 3.54. The molecule has 1 aliphatic carbocycles. The Balaban J connectivity index is 2.04. The minimum atomic E-state index is 0.429. The number of aromatic nitrogens is 2. The Kier molecular flexibility index (Phi) is 5.24. The van der Waals surface area contributed by atoms with Gasteiger partial charge in [-0.25, -0.2) is 4.98 Å². The first kappa shape index (κ1) is 15.5. The van der Waals surface area contributed by atoms with E-state index in [2.05, 4.69) is 57.3 Å². The largest absolute Gasteiger partial charge is 0.366 e. The van der Waals surface area contributed by atoms with Gasteiger partial charge < -0.3 is 10.6 Å². The third-order valence-corrected chi connectivity index (χ3v) is 4.40. The Hall–Kier alpha value is -0.840. The van der Waals surface area contributed by atoms with Crippen LogP contribution in [0.3, 0.4) is 0 Å². The number of hydrogen-bond donors (Lipinski definition) is 2. The molecule has 0 aliphatic heterocycles. The maximum Gasteiger partial charge on any atom is 0.224 e. The van der Waals surface area contributed by atoms with E-state index in [0.29, 0.717) is 17.4 Å². The molecule has 2 rings (SSSR count). The second-order valence-electron chi connectivity index (χ2n) is 6.42. The maximum atomic E-state index is 4.57. The minimum absolute atomic E-state index is 0.429. The molecule has 1 aromatic rings. The molecule has 1 aliphatic rings. The Morgan fingerprint density at radius 2 is 2.25 bits per heavy atom. The van der Waals surface area contributed by atoms with Crippen molar-refractivity contribution in [3.63, 3.8) is 0 Å². The highest BCUT2D eigenvalue weighted by molar-refractivity contribution is 9.10. The van der Waals surface area contributed by atoms with Gasteiger partial charge >= 0.3 is 0 Å². The normalized spacial score (nSPS) is 21.5. The molecule has 0 saturated heterocycles. The van der Waals surface area contributed by atoms with Crippen LogP contribution in [0.15, 0.2) is 10.7 Å². The SMILES string of the molecule is CCCNc1ncc(Br)c(NC2CCCC(C)(C)C2)n1. The van der Waals surface area contributed by atoms with Crippen molar-refractivity contribution in [2.24, 2.45) is 5.41 Å². The van der Waals surface area contributed by atoms with E-state index in [1.165, 1.54) is 25.7 Å². The van der Waals surface area contributed by atoms with Crippen LogP contribution in [0.4, 0.5) is 11.8 Å². The van der Waals surface area contributed by atoms with Gasteiger partial charge in [0.15, 0.2) is 0 Å². The molecule has 1 aromatic heterocycles. The molecule has 1 unspecified atom stereocenters. The number of anilines is 2. The summed E-state index contributed by atoms with van der Waals surface area (Å²) in [7, 11) is 0. The molecule has 0 amide bonds. The Morgan fingerprint density at radius 3 is 2.95 bits per heavy atom. The van der Waals surface area contributed by atoms with E-state index in [1.807, 2.05) is 6.20 Å². The van der Waals surface area contributed by atoms with Crippen molar-refractivity contribution in [1.29, 1.82) is 0 Å². The summed E-state index contributed by atoms with van der Waals surface area (Å²) in [5, 5.41) is 6.82. The molecule has 5 heteroatoms. The number of nitrogens with zero attached hydrogens (tertiary/aromatic N) is 2. The number of hydrogen-bond acceptors (Lipinski definition) is 4. The van der Waals surface area contributed by atoms with Crippen LogP contribution in [0, 0.1) is 5.41 Å². The molecule has 1 saturated carbocycles. The van der Waals surface area contributed by atoms with E-state index in [9.17, 15) is 0 Å². The summed E-state index contributed by atoms with van der Waals surface area (Å²) in [6.07, 6.45) is 7.91. The topological polar surface area (TPSA) is 49.8 Å². The highest BCUT2D eigenvalue weighted by Gasteiger charge is 2.28. The Labute approximate surface area is 130 Å². The third-order valence-electron chi connectivity index (χ3n) is 3.82. The molecule has 20 heavy (non-hydrogen) atoms. The van der Waals surface area contributed by atoms with Gasteiger partial charge in [0.25, 0.3) is 0 Å². The fourth-order valence-electron chi connectivity index (χ4n) is 2.81. The zero-order valence-electron chi connectivity index (χ0n) is 12.7. The van der Waals surface area contributed by atoms with Crippen LogP contribution >= 0.6 is 15.9 Å². The van der Waals surface area contributed by atoms with Crippen molar-refractivity contribution in [2.45, 2.75) is 58.9 Å². The van der Waals surface area contributed by atoms with Gasteiger partial charge in [-0.1, -0.05) is 27.2 Å². The summed E-state index contributed by atoms with van der Waals surface area (Å²) < 4.78 is 0.933. The van der Waals surface area contributed by atoms with Crippen LogP contribution in [-0.4, -0.2) is 22.6 Å². The number of rotatable bonds is 5. The van der Waals surface area contributed by atoms with E-state index in [1.54, 1.807) is 0 Å². The van der Waals surface area contributed by atoms with Crippen molar-refractivity contribution in [2.75, 3.05) is 17.2 Å². The first-order valence-corrected chi connectivity index (χ1v) is 8.32. The molecule has 0 spiro atoms. The van der Waals surface area contributed by atoms with Crippen molar-refractivity contribution in [3.8, 4) is 0 Å². The van der Waals surface area contributed by atoms with Gasteiger partial charge in [0, 0.05) is 18.8 Å². The standard InChI is InChI=1S/C15H25BrN4/c1-4-8-17-14-18-10-12(16)13(20-14)19-11-6-5-7-15(2,3)9-11/h10-11H,4-9H2,1-3H3,(H2,17,18,19,20). The van der Waals surface area contributed by atoms with Gasteiger partial charge in [0.05, 0.1) is 4.47 Å². The van der Waals surface area contributed by atoms with Crippen LogP contribution in [0.2, 0.25) is 0 Å². The summed E-state index contributed by atoms with van der Waals surface area (Å²) in [5.41, 5.74) is 0.429. The predicted molar refractivity (Wildman–Crippen MR) is 88.2 cm³/mol. The van der Waals surface area contributed by atoms with Gasteiger partial charge in [-0.15, -0.1) is 0 Å². The molecule has 1 fully saturated rings. The van der Waals surface area contributed by atoms with Crippen LogP contribution in [-0.2, 0) is 0 Å². The zero-order chi connectivity index (χ0) is 14.6. The van der Waals surface area contributed by atoms with Crippen LogP contribution < -0.4 is 10.6 Å². The fraction of sp³-hybridized carbons (Fsp3) is 0.733. The lowest BCUT2D eigenvalue weighted by atomic mass is 9.75. The smallest absolute Gasteiger partial charge is 0.224 e. The summed E-state index contributed by atoms with van der Waals surface area (Å²) in [5.74, 6) is 1.61. The van der Waals surface area contributed by atoms with Crippen LogP contribution in [0.25, 0.3) is 0 Å². The first-order chi connectivity index (χ1) is 9.50. The highest BCUT2D eigenvalue weighted by Crippen LogP contribution is 2.36. The Bertz CT molecular complexity index is 447. The lowest BCUT2D eigenvalue weighted by Gasteiger charge is -2.35. The molecule has 2 N–H and O–H groups in total. The number of nitrogens with one attached hydrogen (secondary N) is 2. The second-order valence-corrected chi connectivity index (χ2v) is 7.27. The van der Waals surface area contributed by atoms with Gasteiger partial charge in [-0.05, 0) is 47.0 Å². The van der Waals surface area contributed by atoms with E-state index >= 15 is 0 Å². The lowest BCUT2D eigenvalue weighted by Crippen LogP contribution is -2.32. The average Bonchev–Trinajstić information content (AvgIpc) is 2.38. The van der Waals surface area contributed by atoms with Gasteiger partial charge in [-0.3, -0.25) is 0 Å². The quantitative estimate of drug-likeness (QED) is 0.831. The van der Waals surface area contributed by atoms with Gasteiger partial charge in [-0.2, -0.15) is 4.98 Å². The minimum Gasteiger partial charge on any atom is -0.366 e. The fourth-order valence-corrected chi connectivity index (χ4v) is 3.11. The third kappa shape index (κ3) is 4.33. The molecule has 4 nitrogen and oxygen atoms in total. The van der Waals surface area contributed by atoms with Crippen molar-refractivity contribution in [1.82, 2.24) is 9.97 Å². The van der Waals surface area contributed by atoms with E-state index in [-0.39, 0.29) is 0 Å². The molecule has 0 radical (unpaired) electrons. The molecule has 0 bridgehead atoms. The molecule has 1 atom stereocenters. The van der Waals surface area contributed by atoms with Crippen molar-refractivity contribution in [3.05, 3.63) is 10.7 Å². The molecular formula is C15H25BrN4.